The summed E-state index contributed by atoms with van der Waals surface area (Å²) in [6.45, 7) is 8.09. The highest BCUT2D eigenvalue weighted by Gasteiger charge is 2.66. The van der Waals surface area contributed by atoms with E-state index in [1.54, 1.807) is 11.8 Å². The Hall–Kier alpha value is -2.68. The predicted octanol–water partition coefficient (Wildman–Crippen LogP) is 0.274. The van der Waals surface area contributed by atoms with E-state index in [9.17, 15) is 14.4 Å². The number of nitrogens with zero attached hydrogens (tertiary/aromatic N) is 3. The number of amides is 2. The number of H-pyrrole nitrogens is 1. The number of aromatic nitrogens is 2. The van der Waals surface area contributed by atoms with Crippen LogP contribution in [0.3, 0.4) is 0 Å². The van der Waals surface area contributed by atoms with Gasteiger partial charge in [0, 0.05) is 36.9 Å². The van der Waals surface area contributed by atoms with Crippen LogP contribution in [-0.2, 0) is 14.3 Å². The molecule has 9 nitrogen and oxygen atoms in total. The van der Waals surface area contributed by atoms with E-state index >= 15 is 0 Å². The van der Waals surface area contributed by atoms with Crippen LogP contribution in [0.15, 0.2) is 16.9 Å². The molecule has 1 aromatic rings. The van der Waals surface area contributed by atoms with Crippen molar-refractivity contribution in [1.29, 1.82) is 0 Å². The van der Waals surface area contributed by atoms with Crippen molar-refractivity contribution < 1.29 is 14.3 Å². The molecule has 2 N–H and O–H groups in total. The number of likely N-dealkylation sites (N-methyl/N-ethyl adjacent to an activating group) is 1. The van der Waals surface area contributed by atoms with Crippen molar-refractivity contribution in [2.24, 2.45) is 11.8 Å². The Morgan fingerprint density at radius 1 is 1.32 bits per heavy atom. The number of aromatic amines is 1. The van der Waals surface area contributed by atoms with Crippen molar-refractivity contribution in [3.8, 4) is 0 Å². The molecule has 4 aliphatic rings. The minimum absolute atomic E-state index is 0.0223. The minimum atomic E-state index is -0.635. The van der Waals surface area contributed by atoms with Crippen molar-refractivity contribution in [2.45, 2.75) is 51.4 Å². The summed E-state index contributed by atoms with van der Waals surface area (Å²) in [6, 6.07) is 0.0276. The van der Waals surface area contributed by atoms with Gasteiger partial charge in [0.1, 0.15) is 5.60 Å². The second-order valence-electron chi connectivity index (χ2n) is 9.12. The number of likely N-dealkylation sites (tertiary alicyclic amines) is 1. The van der Waals surface area contributed by atoms with E-state index in [1.807, 2.05) is 26.0 Å². The zero-order chi connectivity index (χ0) is 21.9. The number of rotatable bonds is 4. The van der Waals surface area contributed by atoms with E-state index in [2.05, 4.69) is 20.2 Å². The SMILES string of the molecule is CCN1CC23C=CC(O2)C(C(=O)NC2CCN(c4nc(C)c(C)c(=O)[nH]4)CC2)C3C1=O. The second kappa shape index (κ2) is 7.19. The van der Waals surface area contributed by atoms with Gasteiger partial charge in [-0.3, -0.25) is 19.4 Å². The highest BCUT2D eigenvalue weighted by atomic mass is 16.5. The minimum Gasteiger partial charge on any atom is -0.360 e. The van der Waals surface area contributed by atoms with E-state index in [-0.39, 0.29) is 29.5 Å². The summed E-state index contributed by atoms with van der Waals surface area (Å²) < 4.78 is 6.13. The lowest BCUT2D eigenvalue weighted by molar-refractivity contribution is -0.137. The smallest absolute Gasteiger partial charge is 0.255 e. The van der Waals surface area contributed by atoms with Crippen LogP contribution in [0.1, 0.15) is 31.0 Å². The Labute approximate surface area is 180 Å². The van der Waals surface area contributed by atoms with Gasteiger partial charge in [-0.2, -0.15) is 0 Å². The second-order valence-corrected chi connectivity index (χ2v) is 9.12. The highest BCUT2D eigenvalue weighted by Crippen LogP contribution is 2.51. The summed E-state index contributed by atoms with van der Waals surface area (Å²) >= 11 is 0. The van der Waals surface area contributed by atoms with E-state index in [1.165, 1.54) is 0 Å². The number of hydrogen-bond acceptors (Lipinski definition) is 6. The van der Waals surface area contributed by atoms with E-state index < -0.39 is 17.4 Å². The molecule has 3 fully saturated rings. The van der Waals surface area contributed by atoms with E-state index in [0.717, 1.165) is 18.5 Å². The Bertz CT molecular complexity index is 1010. The number of piperidine rings is 1. The third-order valence-corrected chi connectivity index (χ3v) is 7.39. The molecule has 4 atom stereocenters. The molecule has 4 unspecified atom stereocenters. The number of aryl methyl sites for hydroxylation is 1. The molecule has 9 heteroatoms. The number of hydrogen-bond donors (Lipinski definition) is 2. The number of carbonyl (C=O) groups is 2. The molecule has 31 heavy (non-hydrogen) atoms. The van der Waals surface area contributed by atoms with Crippen LogP contribution >= 0.6 is 0 Å². The molecule has 0 aromatic carbocycles. The van der Waals surface area contributed by atoms with Gasteiger partial charge in [0.25, 0.3) is 5.56 Å². The maximum Gasteiger partial charge on any atom is 0.255 e. The van der Waals surface area contributed by atoms with Gasteiger partial charge in [-0.1, -0.05) is 12.2 Å². The highest BCUT2D eigenvalue weighted by molar-refractivity contribution is 5.93. The average Bonchev–Trinajstić information content (AvgIpc) is 3.40. The quantitative estimate of drug-likeness (QED) is 0.668. The van der Waals surface area contributed by atoms with Crippen LogP contribution in [-0.4, -0.2) is 70.6 Å². The van der Waals surface area contributed by atoms with E-state index in [0.29, 0.717) is 37.7 Å². The van der Waals surface area contributed by atoms with Crippen molar-refractivity contribution in [1.82, 2.24) is 20.2 Å². The summed E-state index contributed by atoms with van der Waals surface area (Å²) in [5, 5.41) is 3.17. The lowest BCUT2D eigenvalue weighted by atomic mass is 9.76. The Morgan fingerprint density at radius 3 is 2.74 bits per heavy atom. The lowest BCUT2D eigenvalue weighted by Crippen LogP contribution is -2.50. The number of nitrogens with one attached hydrogen (secondary N) is 2. The molecule has 0 radical (unpaired) electrons. The molecular weight excluding hydrogens is 398 g/mol. The molecule has 3 saturated heterocycles. The van der Waals surface area contributed by atoms with Crippen molar-refractivity contribution in [3.63, 3.8) is 0 Å². The molecule has 0 saturated carbocycles. The molecule has 2 amide bonds. The van der Waals surface area contributed by atoms with Crippen LogP contribution in [0.5, 0.6) is 0 Å². The summed E-state index contributed by atoms with van der Waals surface area (Å²) in [6.07, 6.45) is 5.10. The third kappa shape index (κ3) is 3.09. The normalized spacial score (nSPS) is 32.1. The zero-order valence-electron chi connectivity index (χ0n) is 18.2. The van der Waals surface area contributed by atoms with Crippen molar-refractivity contribution in [2.75, 3.05) is 31.1 Å². The van der Waals surface area contributed by atoms with Crippen LogP contribution in [0.2, 0.25) is 0 Å². The fourth-order valence-corrected chi connectivity index (χ4v) is 5.46. The number of anilines is 1. The number of carbonyl (C=O) groups excluding carboxylic acids is 2. The third-order valence-electron chi connectivity index (χ3n) is 7.39. The van der Waals surface area contributed by atoms with Crippen LogP contribution in [0.4, 0.5) is 5.95 Å². The first-order valence-corrected chi connectivity index (χ1v) is 11.1. The van der Waals surface area contributed by atoms with Crippen LogP contribution in [0, 0.1) is 25.7 Å². The number of fused-ring (bicyclic) bond motifs is 1. The molecule has 4 aliphatic heterocycles. The average molecular weight is 428 g/mol. The first-order chi connectivity index (χ1) is 14.8. The Kier molecular flexibility index (Phi) is 4.69. The molecule has 5 heterocycles. The van der Waals surface area contributed by atoms with Crippen molar-refractivity contribution in [3.05, 3.63) is 33.8 Å². The topological polar surface area (TPSA) is 108 Å². The molecule has 1 aromatic heterocycles. The van der Waals surface area contributed by atoms with Gasteiger partial charge < -0.3 is 19.9 Å². The van der Waals surface area contributed by atoms with Gasteiger partial charge in [-0.05, 0) is 33.6 Å². The van der Waals surface area contributed by atoms with Crippen LogP contribution < -0.4 is 15.8 Å². The molecule has 0 aliphatic carbocycles. The molecule has 5 rings (SSSR count). The standard InChI is InChI=1S/C22H29N5O4/c1-4-26-11-22-8-5-15(31-22)16(17(22)20(26)30)19(29)24-14-6-9-27(10-7-14)21-23-13(3)12(2)18(28)25-21/h5,8,14-17H,4,6-7,9-11H2,1-3H3,(H,24,29)(H,23,25,28). The first kappa shape index (κ1) is 20.2. The maximum atomic E-state index is 13.2. The summed E-state index contributed by atoms with van der Waals surface area (Å²) in [7, 11) is 0. The Morgan fingerprint density at radius 2 is 2.06 bits per heavy atom. The van der Waals surface area contributed by atoms with Gasteiger partial charge in [0.2, 0.25) is 17.8 Å². The number of ether oxygens (including phenoxy) is 1. The van der Waals surface area contributed by atoms with Gasteiger partial charge >= 0.3 is 0 Å². The summed E-state index contributed by atoms with van der Waals surface area (Å²) in [4.78, 5) is 49.3. The van der Waals surface area contributed by atoms with Crippen molar-refractivity contribution >= 4 is 17.8 Å². The fourth-order valence-electron chi connectivity index (χ4n) is 5.46. The molecule has 166 valence electrons. The first-order valence-electron chi connectivity index (χ1n) is 11.1. The van der Waals surface area contributed by atoms with Gasteiger partial charge in [-0.25, -0.2) is 4.98 Å². The molecular formula is C22H29N5O4. The summed E-state index contributed by atoms with van der Waals surface area (Å²) in [5.74, 6) is -0.377. The van der Waals surface area contributed by atoms with E-state index in [4.69, 9.17) is 4.74 Å². The fraction of sp³-hybridized carbons (Fsp3) is 0.636. The Balaban J connectivity index is 1.23. The lowest BCUT2D eigenvalue weighted by Gasteiger charge is -2.34. The van der Waals surface area contributed by atoms with Gasteiger partial charge in [0.05, 0.1) is 24.5 Å². The van der Waals surface area contributed by atoms with Crippen LogP contribution in [0.25, 0.3) is 0 Å². The van der Waals surface area contributed by atoms with Gasteiger partial charge in [0.15, 0.2) is 0 Å². The largest absolute Gasteiger partial charge is 0.360 e. The monoisotopic (exact) mass is 427 g/mol. The zero-order valence-corrected chi connectivity index (χ0v) is 18.2. The molecule has 1 spiro atoms. The predicted molar refractivity (Wildman–Crippen MR) is 114 cm³/mol. The maximum absolute atomic E-state index is 13.2. The van der Waals surface area contributed by atoms with Gasteiger partial charge in [-0.15, -0.1) is 0 Å². The molecule has 2 bridgehead atoms. The summed E-state index contributed by atoms with van der Waals surface area (Å²) in [5.41, 5.74) is 0.617.